The molecule has 0 aliphatic heterocycles. The normalized spacial score (nSPS) is 12.5. The second-order valence-corrected chi connectivity index (χ2v) is 5.15. The third-order valence-electron chi connectivity index (χ3n) is 3.40. The zero-order chi connectivity index (χ0) is 18.6. The number of non-ortho nitro benzene ring substituents is 1. The Morgan fingerprint density at radius 2 is 1.84 bits per heavy atom. The van der Waals surface area contributed by atoms with E-state index < -0.39 is 28.7 Å². The number of amides is 1. The van der Waals surface area contributed by atoms with Crippen LogP contribution in [0.1, 0.15) is 27.6 Å². The Hall–Kier alpha value is -2.94. The molecule has 0 heterocycles. The van der Waals surface area contributed by atoms with Gasteiger partial charge < -0.3 is 10.4 Å². The van der Waals surface area contributed by atoms with Gasteiger partial charge in [-0.05, 0) is 23.8 Å². The smallest absolute Gasteiger partial charge is 0.387 e. The minimum atomic E-state index is -4.47. The van der Waals surface area contributed by atoms with Crippen LogP contribution in [0.2, 0.25) is 0 Å². The number of benzene rings is 2. The fraction of sp³-hybridized carbons (Fsp3) is 0.188. The van der Waals surface area contributed by atoms with Gasteiger partial charge in [0, 0.05) is 24.2 Å². The summed E-state index contributed by atoms with van der Waals surface area (Å²) in [4.78, 5) is 22.0. The number of aliphatic hydroxyl groups is 1. The van der Waals surface area contributed by atoms with Crippen LogP contribution in [0.15, 0.2) is 48.5 Å². The fourth-order valence-corrected chi connectivity index (χ4v) is 2.06. The molecular formula is C16H13F3N2O4. The molecule has 9 heteroatoms. The summed E-state index contributed by atoms with van der Waals surface area (Å²) in [5.41, 5.74) is -0.860. The van der Waals surface area contributed by atoms with E-state index >= 15 is 0 Å². The number of rotatable bonds is 5. The summed E-state index contributed by atoms with van der Waals surface area (Å²) in [6.07, 6.45) is -5.69. The number of nitrogens with zero attached hydrogens (tertiary/aromatic N) is 1. The average molecular weight is 354 g/mol. The molecule has 2 N–H and O–H groups in total. The lowest BCUT2D eigenvalue weighted by Gasteiger charge is -2.13. The summed E-state index contributed by atoms with van der Waals surface area (Å²) >= 11 is 0. The molecule has 0 fully saturated rings. The molecule has 1 atom stereocenters. The van der Waals surface area contributed by atoms with Gasteiger partial charge in [-0.1, -0.05) is 18.2 Å². The molecule has 1 amide bonds. The molecule has 2 aromatic rings. The lowest BCUT2D eigenvalue weighted by molar-refractivity contribution is -0.384. The van der Waals surface area contributed by atoms with E-state index in [4.69, 9.17) is 0 Å². The molecule has 0 saturated heterocycles. The van der Waals surface area contributed by atoms with Crippen LogP contribution < -0.4 is 5.32 Å². The number of nitrogens with one attached hydrogen (secondary N) is 1. The number of halogens is 3. The summed E-state index contributed by atoms with van der Waals surface area (Å²) in [6.45, 7) is -0.257. The molecule has 25 heavy (non-hydrogen) atoms. The van der Waals surface area contributed by atoms with Crippen LogP contribution in [-0.2, 0) is 6.18 Å². The third-order valence-corrected chi connectivity index (χ3v) is 3.40. The second-order valence-electron chi connectivity index (χ2n) is 5.15. The molecule has 1 unspecified atom stereocenters. The predicted molar refractivity (Wildman–Crippen MR) is 81.8 cm³/mol. The maximum absolute atomic E-state index is 12.5. The molecule has 0 spiro atoms. The van der Waals surface area contributed by atoms with Crippen LogP contribution in [-0.4, -0.2) is 22.5 Å². The van der Waals surface area contributed by atoms with Gasteiger partial charge in [-0.2, -0.15) is 13.2 Å². The quantitative estimate of drug-likeness (QED) is 0.637. The van der Waals surface area contributed by atoms with Gasteiger partial charge in [0.25, 0.3) is 11.6 Å². The van der Waals surface area contributed by atoms with Crippen molar-refractivity contribution < 1.29 is 28.0 Å². The van der Waals surface area contributed by atoms with Crippen molar-refractivity contribution in [2.24, 2.45) is 0 Å². The van der Waals surface area contributed by atoms with Gasteiger partial charge in [-0.15, -0.1) is 0 Å². The SMILES string of the molecule is O=C(NCC(O)c1ccc(C(F)(F)F)cc1)c1cccc([N+](=O)[O-])c1. The average Bonchev–Trinajstić information content (AvgIpc) is 2.58. The first-order valence-corrected chi connectivity index (χ1v) is 7.06. The van der Waals surface area contributed by atoms with Crippen molar-refractivity contribution in [2.75, 3.05) is 6.54 Å². The topological polar surface area (TPSA) is 92.5 Å². The van der Waals surface area contributed by atoms with Crippen molar-refractivity contribution in [1.82, 2.24) is 5.32 Å². The zero-order valence-electron chi connectivity index (χ0n) is 12.7. The number of nitro groups is 1. The number of nitro benzene ring substituents is 1. The largest absolute Gasteiger partial charge is 0.416 e. The van der Waals surface area contributed by atoms with Crippen molar-refractivity contribution in [2.45, 2.75) is 12.3 Å². The van der Waals surface area contributed by atoms with Gasteiger partial charge in [0.15, 0.2) is 0 Å². The van der Waals surface area contributed by atoms with E-state index in [1.54, 1.807) is 0 Å². The van der Waals surface area contributed by atoms with E-state index in [9.17, 15) is 33.2 Å². The first-order chi connectivity index (χ1) is 11.7. The molecular weight excluding hydrogens is 341 g/mol. The molecule has 2 aromatic carbocycles. The van der Waals surface area contributed by atoms with E-state index in [1.165, 1.54) is 18.2 Å². The van der Waals surface area contributed by atoms with Crippen LogP contribution in [0.3, 0.4) is 0 Å². The van der Waals surface area contributed by atoms with E-state index in [0.29, 0.717) is 0 Å². The molecule has 2 rings (SSSR count). The lowest BCUT2D eigenvalue weighted by Crippen LogP contribution is -2.28. The number of alkyl halides is 3. The Morgan fingerprint density at radius 3 is 2.40 bits per heavy atom. The summed E-state index contributed by atoms with van der Waals surface area (Å²) in [5, 5.41) is 23.0. The fourth-order valence-electron chi connectivity index (χ4n) is 2.06. The lowest BCUT2D eigenvalue weighted by atomic mass is 10.1. The summed E-state index contributed by atoms with van der Waals surface area (Å²) < 4.78 is 37.5. The monoisotopic (exact) mass is 354 g/mol. The van der Waals surface area contributed by atoms with Gasteiger partial charge in [0.2, 0.25) is 0 Å². The Morgan fingerprint density at radius 1 is 1.20 bits per heavy atom. The molecule has 0 radical (unpaired) electrons. The van der Waals surface area contributed by atoms with Crippen LogP contribution in [0.25, 0.3) is 0 Å². The Labute approximate surface area is 140 Å². The molecule has 6 nitrogen and oxygen atoms in total. The van der Waals surface area contributed by atoms with E-state index in [-0.39, 0.29) is 23.4 Å². The first kappa shape index (κ1) is 18.4. The summed E-state index contributed by atoms with van der Waals surface area (Å²) in [6, 6.07) is 8.93. The van der Waals surface area contributed by atoms with Crippen molar-refractivity contribution >= 4 is 11.6 Å². The van der Waals surface area contributed by atoms with Crippen molar-refractivity contribution in [3.8, 4) is 0 Å². The highest BCUT2D eigenvalue weighted by atomic mass is 19.4. The molecule has 0 saturated carbocycles. The minimum absolute atomic E-state index is 0.0359. The Balaban J connectivity index is 1.99. The van der Waals surface area contributed by atoms with Crippen molar-refractivity contribution in [3.05, 3.63) is 75.3 Å². The van der Waals surface area contributed by atoms with E-state index in [0.717, 1.165) is 30.3 Å². The van der Waals surface area contributed by atoms with Crippen LogP contribution in [0.5, 0.6) is 0 Å². The molecule has 0 aliphatic rings. The van der Waals surface area contributed by atoms with Crippen molar-refractivity contribution in [1.29, 1.82) is 0 Å². The van der Waals surface area contributed by atoms with Crippen LogP contribution >= 0.6 is 0 Å². The number of carbonyl (C=O) groups excluding carboxylic acids is 1. The highest BCUT2D eigenvalue weighted by Crippen LogP contribution is 2.29. The Kier molecular flexibility index (Phi) is 5.38. The van der Waals surface area contributed by atoms with Gasteiger partial charge in [0.05, 0.1) is 16.6 Å². The summed E-state index contributed by atoms with van der Waals surface area (Å²) in [5.74, 6) is -0.644. The van der Waals surface area contributed by atoms with Gasteiger partial charge >= 0.3 is 6.18 Å². The minimum Gasteiger partial charge on any atom is -0.387 e. The molecule has 0 bridgehead atoms. The molecule has 0 aromatic heterocycles. The standard InChI is InChI=1S/C16H13F3N2O4/c17-16(18,19)12-6-4-10(5-7-12)14(22)9-20-15(23)11-2-1-3-13(8-11)21(24)25/h1-8,14,22H,9H2,(H,20,23). The number of aliphatic hydroxyl groups excluding tert-OH is 1. The Bertz CT molecular complexity index is 776. The highest BCUT2D eigenvalue weighted by molar-refractivity contribution is 5.94. The molecule has 0 aliphatic carbocycles. The van der Waals surface area contributed by atoms with E-state index in [1.807, 2.05) is 0 Å². The van der Waals surface area contributed by atoms with Crippen molar-refractivity contribution in [3.63, 3.8) is 0 Å². The number of hydrogen-bond donors (Lipinski definition) is 2. The first-order valence-electron chi connectivity index (χ1n) is 7.06. The maximum atomic E-state index is 12.5. The zero-order valence-corrected chi connectivity index (χ0v) is 12.7. The van der Waals surface area contributed by atoms with Crippen LogP contribution in [0.4, 0.5) is 18.9 Å². The second kappa shape index (κ2) is 7.31. The molecule has 132 valence electrons. The van der Waals surface area contributed by atoms with E-state index in [2.05, 4.69) is 5.32 Å². The number of carbonyl (C=O) groups is 1. The third kappa shape index (κ3) is 4.77. The highest BCUT2D eigenvalue weighted by Gasteiger charge is 2.30. The summed E-state index contributed by atoms with van der Waals surface area (Å²) in [7, 11) is 0. The van der Waals surface area contributed by atoms with Gasteiger partial charge in [-0.3, -0.25) is 14.9 Å². The van der Waals surface area contributed by atoms with Crippen LogP contribution in [0, 0.1) is 10.1 Å². The predicted octanol–water partition coefficient (Wildman–Crippen LogP) is 3.08. The number of hydrogen-bond acceptors (Lipinski definition) is 4. The van der Waals surface area contributed by atoms with Gasteiger partial charge in [0.1, 0.15) is 0 Å². The van der Waals surface area contributed by atoms with Gasteiger partial charge in [-0.25, -0.2) is 0 Å². The maximum Gasteiger partial charge on any atom is 0.416 e.